The molecule has 134 valence electrons. The zero-order valence-electron chi connectivity index (χ0n) is 14.3. The van der Waals surface area contributed by atoms with Crippen LogP contribution < -0.4 is 5.32 Å². The van der Waals surface area contributed by atoms with E-state index in [1.165, 1.54) is 0 Å². The van der Waals surface area contributed by atoms with E-state index in [9.17, 15) is 4.79 Å². The maximum atomic E-state index is 12.1. The number of rotatable bonds is 6. The van der Waals surface area contributed by atoms with Crippen molar-refractivity contribution in [1.82, 2.24) is 24.7 Å². The number of pyridine rings is 1. The highest BCUT2D eigenvalue weighted by Crippen LogP contribution is 2.15. The summed E-state index contributed by atoms with van der Waals surface area (Å²) in [5.74, 6) is 0.699. The molecule has 4 aromatic rings. The van der Waals surface area contributed by atoms with Crippen LogP contribution in [-0.4, -0.2) is 30.6 Å². The monoisotopic (exact) mass is 360 g/mol. The molecule has 0 saturated heterocycles. The molecule has 1 aromatic carbocycles. The predicted octanol–water partition coefficient (Wildman–Crippen LogP) is 2.89. The number of nitrogens with one attached hydrogen (secondary N) is 1. The van der Waals surface area contributed by atoms with Gasteiger partial charge in [-0.1, -0.05) is 11.2 Å². The van der Waals surface area contributed by atoms with Crippen molar-refractivity contribution in [2.45, 2.75) is 12.8 Å². The lowest BCUT2D eigenvalue weighted by Crippen LogP contribution is -2.12. The molecule has 8 nitrogen and oxygen atoms in total. The molecule has 0 bridgehead atoms. The van der Waals surface area contributed by atoms with Crippen molar-refractivity contribution in [3.05, 3.63) is 73.3 Å². The first kappa shape index (κ1) is 16.6. The molecule has 0 aliphatic rings. The molecule has 0 saturated carbocycles. The van der Waals surface area contributed by atoms with Gasteiger partial charge < -0.3 is 14.4 Å². The van der Waals surface area contributed by atoms with Crippen molar-refractivity contribution in [3.8, 4) is 17.2 Å². The van der Waals surface area contributed by atoms with Crippen LogP contribution in [0.5, 0.6) is 0 Å². The Labute approximate surface area is 154 Å². The molecule has 0 radical (unpaired) electrons. The van der Waals surface area contributed by atoms with Crippen molar-refractivity contribution in [2.75, 3.05) is 5.32 Å². The van der Waals surface area contributed by atoms with E-state index >= 15 is 0 Å². The van der Waals surface area contributed by atoms with Crippen LogP contribution in [0.2, 0.25) is 0 Å². The summed E-state index contributed by atoms with van der Waals surface area (Å²) in [6, 6.07) is 13.0. The van der Waals surface area contributed by atoms with E-state index in [4.69, 9.17) is 4.52 Å². The van der Waals surface area contributed by atoms with Gasteiger partial charge in [0, 0.05) is 42.8 Å². The van der Waals surface area contributed by atoms with Gasteiger partial charge in [0.1, 0.15) is 5.69 Å². The van der Waals surface area contributed by atoms with Crippen LogP contribution >= 0.6 is 0 Å². The Morgan fingerprint density at radius 3 is 2.74 bits per heavy atom. The van der Waals surface area contributed by atoms with Gasteiger partial charge in [0.25, 0.3) is 0 Å². The Kier molecular flexibility index (Phi) is 4.69. The molecular weight excluding hydrogens is 344 g/mol. The number of carbonyl (C=O) groups excluding carboxylic acids is 1. The highest BCUT2D eigenvalue weighted by molar-refractivity contribution is 5.90. The average molecular weight is 360 g/mol. The highest BCUT2D eigenvalue weighted by atomic mass is 16.5. The van der Waals surface area contributed by atoms with E-state index in [1.807, 2.05) is 47.2 Å². The van der Waals surface area contributed by atoms with Gasteiger partial charge in [0.2, 0.25) is 17.6 Å². The van der Waals surface area contributed by atoms with Crippen LogP contribution in [-0.2, 0) is 11.2 Å². The predicted molar refractivity (Wildman–Crippen MR) is 98.0 cm³/mol. The highest BCUT2D eigenvalue weighted by Gasteiger charge is 2.11. The number of nitrogens with zero attached hydrogens (tertiary/aromatic N) is 5. The third-order valence-electron chi connectivity index (χ3n) is 3.88. The standard InChI is InChI=1S/C19H16N6O2/c26-17(22-14-4-6-15(7-5-14)25-12-11-20-13-25)8-9-18-23-19(24-27-18)16-3-1-2-10-21-16/h1-7,10-13H,8-9H2,(H,22,26). The molecule has 0 unspecified atom stereocenters. The van der Waals surface area contributed by atoms with E-state index < -0.39 is 0 Å². The maximum Gasteiger partial charge on any atom is 0.227 e. The summed E-state index contributed by atoms with van der Waals surface area (Å²) in [5, 5.41) is 6.75. The number of aromatic nitrogens is 5. The summed E-state index contributed by atoms with van der Waals surface area (Å²) in [7, 11) is 0. The molecule has 0 aliphatic heterocycles. The smallest absolute Gasteiger partial charge is 0.227 e. The third kappa shape index (κ3) is 4.06. The van der Waals surface area contributed by atoms with Crippen molar-refractivity contribution in [2.24, 2.45) is 0 Å². The average Bonchev–Trinajstić information content (AvgIpc) is 3.40. The molecule has 0 spiro atoms. The molecule has 8 heteroatoms. The van der Waals surface area contributed by atoms with E-state index in [0.29, 0.717) is 23.8 Å². The molecule has 0 fully saturated rings. The van der Waals surface area contributed by atoms with E-state index in [2.05, 4.69) is 25.4 Å². The normalized spacial score (nSPS) is 10.7. The van der Waals surface area contributed by atoms with E-state index in [1.54, 1.807) is 24.8 Å². The Morgan fingerprint density at radius 1 is 1.11 bits per heavy atom. The first-order valence-electron chi connectivity index (χ1n) is 8.40. The largest absolute Gasteiger partial charge is 0.339 e. The molecular formula is C19H16N6O2. The van der Waals surface area contributed by atoms with Gasteiger partial charge in [-0.15, -0.1) is 0 Å². The van der Waals surface area contributed by atoms with Crippen LogP contribution in [0.1, 0.15) is 12.3 Å². The molecule has 1 N–H and O–H groups in total. The lowest BCUT2D eigenvalue weighted by Gasteiger charge is -2.06. The zero-order valence-corrected chi connectivity index (χ0v) is 14.3. The lowest BCUT2D eigenvalue weighted by molar-refractivity contribution is -0.116. The van der Waals surface area contributed by atoms with E-state index in [-0.39, 0.29) is 12.3 Å². The van der Waals surface area contributed by atoms with Crippen molar-refractivity contribution < 1.29 is 9.32 Å². The summed E-state index contributed by atoms with van der Waals surface area (Å²) in [6.45, 7) is 0. The number of amides is 1. The summed E-state index contributed by atoms with van der Waals surface area (Å²) in [6.07, 6.45) is 7.56. The maximum absolute atomic E-state index is 12.1. The lowest BCUT2D eigenvalue weighted by atomic mass is 10.2. The van der Waals surface area contributed by atoms with Gasteiger partial charge in [-0.05, 0) is 36.4 Å². The van der Waals surface area contributed by atoms with Crippen LogP contribution in [0, 0.1) is 0 Å². The fraction of sp³-hybridized carbons (Fsp3) is 0.105. The second-order valence-electron chi connectivity index (χ2n) is 5.79. The molecule has 1 amide bonds. The molecule has 4 rings (SSSR count). The quantitative estimate of drug-likeness (QED) is 0.568. The van der Waals surface area contributed by atoms with Gasteiger partial charge in [-0.3, -0.25) is 9.78 Å². The Hall–Kier alpha value is -3.81. The second-order valence-corrected chi connectivity index (χ2v) is 5.79. The minimum atomic E-state index is -0.122. The summed E-state index contributed by atoms with van der Waals surface area (Å²) in [4.78, 5) is 24.6. The molecule has 0 aliphatic carbocycles. The molecule has 3 aromatic heterocycles. The first-order valence-corrected chi connectivity index (χ1v) is 8.40. The molecule has 0 atom stereocenters. The van der Waals surface area contributed by atoms with Gasteiger partial charge >= 0.3 is 0 Å². The number of benzene rings is 1. The fourth-order valence-corrected chi connectivity index (χ4v) is 2.53. The van der Waals surface area contributed by atoms with Gasteiger partial charge in [-0.25, -0.2) is 4.98 Å². The van der Waals surface area contributed by atoms with Crippen molar-refractivity contribution in [3.63, 3.8) is 0 Å². The molecule has 27 heavy (non-hydrogen) atoms. The van der Waals surface area contributed by atoms with Gasteiger partial charge in [0.05, 0.1) is 6.33 Å². The van der Waals surface area contributed by atoms with Crippen LogP contribution in [0.15, 0.2) is 71.9 Å². The Balaban J connectivity index is 1.32. The van der Waals surface area contributed by atoms with Crippen LogP contribution in [0.3, 0.4) is 0 Å². The van der Waals surface area contributed by atoms with E-state index in [0.717, 1.165) is 11.4 Å². The number of carbonyl (C=O) groups is 1. The van der Waals surface area contributed by atoms with Crippen LogP contribution in [0.25, 0.3) is 17.2 Å². The van der Waals surface area contributed by atoms with Crippen LogP contribution in [0.4, 0.5) is 5.69 Å². The number of hydrogen-bond acceptors (Lipinski definition) is 6. The SMILES string of the molecule is O=C(CCc1nc(-c2ccccn2)no1)Nc1ccc(-n2ccnc2)cc1. The minimum absolute atomic E-state index is 0.122. The number of aryl methyl sites for hydroxylation is 1. The number of anilines is 1. The Morgan fingerprint density at radius 2 is 2.00 bits per heavy atom. The van der Waals surface area contributed by atoms with Gasteiger partial charge in [0.15, 0.2) is 0 Å². The minimum Gasteiger partial charge on any atom is -0.339 e. The topological polar surface area (TPSA) is 98.7 Å². The Bertz CT molecular complexity index is 1010. The van der Waals surface area contributed by atoms with Gasteiger partial charge in [-0.2, -0.15) is 4.98 Å². The van der Waals surface area contributed by atoms with Crippen molar-refractivity contribution >= 4 is 11.6 Å². The summed E-state index contributed by atoms with van der Waals surface area (Å²) >= 11 is 0. The summed E-state index contributed by atoms with van der Waals surface area (Å²) in [5.41, 5.74) is 2.33. The van der Waals surface area contributed by atoms with Crippen molar-refractivity contribution in [1.29, 1.82) is 0 Å². The third-order valence-corrected chi connectivity index (χ3v) is 3.88. The second kappa shape index (κ2) is 7.61. The first-order chi connectivity index (χ1) is 13.3. The zero-order chi connectivity index (χ0) is 18.5. The summed E-state index contributed by atoms with van der Waals surface area (Å²) < 4.78 is 7.08. The number of hydrogen-bond donors (Lipinski definition) is 1. The molecule has 3 heterocycles. The number of imidazole rings is 1. The fourth-order valence-electron chi connectivity index (χ4n) is 2.53.